The number of nitrogens with one attached hydrogen (secondary N) is 1. The second-order valence-electron chi connectivity index (χ2n) is 8.27. The van der Waals surface area contributed by atoms with Gasteiger partial charge in [0.25, 0.3) is 5.91 Å². The molecule has 5 rings (SSSR count). The predicted molar refractivity (Wildman–Crippen MR) is 150 cm³/mol. The molecule has 0 amide bonds. The van der Waals surface area contributed by atoms with Gasteiger partial charge >= 0.3 is 0 Å². The van der Waals surface area contributed by atoms with Crippen LogP contribution in [0.3, 0.4) is 0 Å². The first kappa shape index (κ1) is 27.5. The smallest absolute Gasteiger partial charge is 0.266 e. The number of rotatable bonds is 6. The average Bonchev–Trinajstić information content (AvgIpc) is 3.27. The Morgan fingerprint density at radius 2 is 1.77 bits per heavy atom. The van der Waals surface area contributed by atoms with Crippen LogP contribution in [0.25, 0.3) is 11.0 Å². The van der Waals surface area contributed by atoms with Crippen LogP contribution in [0.5, 0.6) is 0 Å². The van der Waals surface area contributed by atoms with Crippen molar-refractivity contribution in [3.05, 3.63) is 122 Å². The summed E-state index contributed by atoms with van der Waals surface area (Å²) in [7, 11) is 0. The van der Waals surface area contributed by atoms with Gasteiger partial charge in [0.15, 0.2) is 5.82 Å². The van der Waals surface area contributed by atoms with Gasteiger partial charge in [-0.05, 0) is 76.4 Å². The maximum atomic E-state index is 15.6. The van der Waals surface area contributed by atoms with Gasteiger partial charge in [-0.15, -0.1) is 0 Å². The van der Waals surface area contributed by atoms with Crippen molar-refractivity contribution in [3.63, 3.8) is 0 Å². The Balaban J connectivity index is 1.58. The lowest BCUT2D eigenvalue weighted by atomic mass is 10.00. The molecule has 0 fully saturated rings. The van der Waals surface area contributed by atoms with Crippen molar-refractivity contribution >= 4 is 73.7 Å². The van der Waals surface area contributed by atoms with Gasteiger partial charge in [-0.3, -0.25) is 9.36 Å². The number of aliphatic hydroxyl groups is 1. The first-order valence-electron chi connectivity index (χ1n) is 11.1. The zero-order chi connectivity index (χ0) is 27.8. The molecule has 5 aromatic rings. The van der Waals surface area contributed by atoms with Gasteiger partial charge in [-0.1, -0.05) is 35.3 Å². The molecular weight excluding hydrogens is 638 g/mol. The van der Waals surface area contributed by atoms with E-state index in [1.165, 1.54) is 42.7 Å². The second-order valence-corrected chi connectivity index (χ2v) is 10.9. The molecule has 5 nitrogen and oxygen atoms in total. The fourth-order valence-corrected chi connectivity index (χ4v) is 5.59. The van der Waals surface area contributed by atoms with E-state index in [1.807, 2.05) is 0 Å². The van der Waals surface area contributed by atoms with Crippen molar-refractivity contribution < 1.29 is 23.1 Å². The minimum absolute atomic E-state index is 0.00132. The number of anilines is 1. The third-order valence-corrected chi connectivity index (χ3v) is 7.68. The molecule has 0 aliphatic carbocycles. The lowest BCUT2D eigenvalue weighted by Gasteiger charge is -2.16. The number of aromatic nitrogens is 2. The number of carbonyl (C=O) groups is 1. The van der Waals surface area contributed by atoms with Crippen LogP contribution < -0.4 is 4.72 Å². The molecule has 2 heterocycles. The second kappa shape index (κ2) is 11.2. The maximum absolute atomic E-state index is 15.6. The Bertz CT molecular complexity index is 1730. The molecule has 0 saturated carbocycles. The molecule has 1 atom stereocenters. The van der Waals surface area contributed by atoms with Crippen molar-refractivity contribution in [2.45, 2.75) is 11.0 Å². The Morgan fingerprint density at radius 3 is 2.49 bits per heavy atom. The number of benzene rings is 3. The highest BCUT2D eigenvalue weighted by atomic mass is 79.9. The number of fused-ring (bicyclic) bond motifs is 1. The highest BCUT2D eigenvalue weighted by Gasteiger charge is 2.28. The standard InChI is InChI=1S/C27H15BrCl2F3N3O2S/c28-13-9-16-17(12-36(26(16)34-11-13)27(38)22-18(29)5-2-6-19(22)30)25(37)23-20(32)7-8-21(24(23)33)35-39-15-4-1-3-14(31)10-15/h1-12,25,35,37H. The van der Waals surface area contributed by atoms with Crippen LogP contribution in [-0.4, -0.2) is 20.6 Å². The van der Waals surface area contributed by atoms with Gasteiger partial charge in [0, 0.05) is 32.7 Å². The monoisotopic (exact) mass is 651 g/mol. The van der Waals surface area contributed by atoms with Crippen molar-refractivity contribution in [2.75, 3.05) is 4.72 Å². The van der Waals surface area contributed by atoms with Crippen LogP contribution in [-0.2, 0) is 0 Å². The quantitative estimate of drug-likeness (QED) is 0.180. The Labute approximate surface area is 242 Å². The first-order chi connectivity index (χ1) is 18.7. The molecule has 1 unspecified atom stereocenters. The van der Waals surface area contributed by atoms with Gasteiger partial charge in [-0.2, -0.15) is 0 Å². The summed E-state index contributed by atoms with van der Waals surface area (Å²) >= 11 is 16.7. The summed E-state index contributed by atoms with van der Waals surface area (Å²) < 4.78 is 48.4. The molecule has 2 aromatic heterocycles. The van der Waals surface area contributed by atoms with Gasteiger partial charge in [0.2, 0.25) is 0 Å². The van der Waals surface area contributed by atoms with Gasteiger partial charge in [0.05, 0.1) is 26.9 Å². The van der Waals surface area contributed by atoms with Crippen LogP contribution in [0.4, 0.5) is 18.9 Å². The largest absolute Gasteiger partial charge is 0.383 e. The summed E-state index contributed by atoms with van der Waals surface area (Å²) in [5.74, 6) is -3.19. The fourth-order valence-electron chi connectivity index (χ4n) is 4.00. The molecular formula is C27H15BrCl2F3N3O2S. The SMILES string of the molecule is O=C(c1c(Cl)cccc1Cl)n1cc(C(O)c2c(F)ccc(NSc3cccc(F)c3)c2F)c2cc(Br)cnc21. The van der Waals surface area contributed by atoms with E-state index in [4.69, 9.17) is 23.2 Å². The third kappa shape index (κ3) is 5.39. The fraction of sp³-hybridized carbons (Fsp3) is 0.0370. The number of hydrogen-bond donors (Lipinski definition) is 2. The van der Waals surface area contributed by atoms with E-state index < -0.39 is 35.0 Å². The van der Waals surface area contributed by atoms with Crippen LogP contribution in [0.2, 0.25) is 10.0 Å². The molecule has 0 saturated heterocycles. The molecule has 39 heavy (non-hydrogen) atoms. The lowest BCUT2D eigenvalue weighted by Crippen LogP contribution is -2.13. The molecule has 3 aromatic carbocycles. The van der Waals surface area contributed by atoms with Crippen molar-refractivity contribution in [2.24, 2.45) is 0 Å². The molecule has 198 valence electrons. The molecule has 0 spiro atoms. The van der Waals surface area contributed by atoms with E-state index in [0.29, 0.717) is 9.37 Å². The van der Waals surface area contributed by atoms with Crippen LogP contribution in [0, 0.1) is 17.5 Å². The summed E-state index contributed by atoms with van der Waals surface area (Å²) in [4.78, 5) is 18.2. The topological polar surface area (TPSA) is 67.2 Å². The molecule has 0 aliphatic rings. The third-order valence-electron chi connectivity index (χ3n) is 5.81. The van der Waals surface area contributed by atoms with Crippen molar-refractivity contribution in [1.82, 2.24) is 9.55 Å². The number of hydrogen-bond acceptors (Lipinski definition) is 5. The summed E-state index contributed by atoms with van der Waals surface area (Å²) in [6.45, 7) is 0. The van der Waals surface area contributed by atoms with E-state index in [-0.39, 0.29) is 37.9 Å². The van der Waals surface area contributed by atoms with Crippen LogP contribution >= 0.6 is 51.1 Å². The first-order valence-corrected chi connectivity index (χ1v) is 13.5. The number of pyridine rings is 1. The van der Waals surface area contributed by atoms with Gasteiger partial charge in [0.1, 0.15) is 23.4 Å². The van der Waals surface area contributed by atoms with Crippen molar-refractivity contribution in [3.8, 4) is 0 Å². The zero-order valence-electron chi connectivity index (χ0n) is 19.4. The van der Waals surface area contributed by atoms with Crippen LogP contribution in [0.1, 0.15) is 27.6 Å². The number of nitrogens with zero attached hydrogens (tertiary/aromatic N) is 2. The molecule has 0 radical (unpaired) electrons. The van der Waals surface area contributed by atoms with E-state index in [1.54, 1.807) is 18.2 Å². The minimum Gasteiger partial charge on any atom is -0.383 e. The molecule has 12 heteroatoms. The summed E-state index contributed by atoms with van der Waals surface area (Å²) in [6.07, 6.45) is 0.851. The number of halogens is 6. The molecule has 0 bridgehead atoms. The highest BCUT2D eigenvalue weighted by Crippen LogP contribution is 2.37. The van der Waals surface area contributed by atoms with Crippen LogP contribution in [0.15, 0.2) is 82.4 Å². The van der Waals surface area contributed by atoms with Gasteiger partial charge in [-0.25, -0.2) is 18.2 Å². The van der Waals surface area contributed by atoms with E-state index >= 15 is 4.39 Å². The Hall–Kier alpha value is -3.02. The van der Waals surface area contributed by atoms with E-state index in [2.05, 4.69) is 25.6 Å². The Kier molecular flexibility index (Phi) is 7.93. The van der Waals surface area contributed by atoms with Gasteiger partial charge < -0.3 is 9.83 Å². The van der Waals surface area contributed by atoms with E-state index in [0.717, 1.165) is 28.6 Å². The maximum Gasteiger partial charge on any atom is 0.266 e. The number of carbonyl (C=O) groups excluding carboxylic acids is 1. The molecule has 2 N–H and O–H groups in total. The normalized spacial score (nSPS) is 12.1. The summed E-state index contributed by atoms with van der Waals surface area (Å²) in [5, 5.41) is 11.7. The lowest BCUT2D eigenvalue weighted by molar-refractivity contribution is 0.0964. The Morgan fingerprint density at radius 1 is 1.05 bits per heavy atom. The average molecular weight is 653 g/mol. The molecule has 0 aliphatic heterocycles. The zero-order valence-corrected chi connectivity index (χ0v) is 23.3. The summed E-state index contributed by atoms with van der Waals surface area (Å²) in [6, 6.07) is 13.9. The van der Waals surface area contributed by atoms with E-state index in [9.17, 15) is 18.7 Å². The minimum atomic E-state index is -1.83. The van der Waals surface area contributed by atoms with Crippen molar-refractivity contribution in [1.29, 1.82) is 0 Å². The number of aliphatic hydroxyl groups excluding tert-OH is 1. The highest BCUT2D eigenvalue weighted by molar-refractivity contribution is 9.10. The predicted octanol–water partition coefficient (Wildman–Crippen LogP) is 8.41. The summed E-state index contributed by atoms with van der Waals surface area (Å²) in [5.41, 5.74) is -0.654.